The van der Waals surface area contributed by atoms with Crippen LogP contribution in [0.4, 0.5) is 0 Å². The standard InChI is InChI=1S/C14H16N4O2/c1-3-20-13-11(5-4-6-17-13)10-18(2)14(19)12-9-15-7-8-16-12/h4-9H,3,10H2,1-2H3. The van der Waals surface area contributed by atoms with Gasteiger partial charge in [0.1, 0.15) is 5.69 Å². The number of carbonyl (C=O) groups is 1. The molecule has 0 radical (unpaired) electrons. The summed E-state index contributed by atoms with van der Waals surface area (Å²) in [7, 11) is 1.71. The normalized spacial score (nSPS) is 10.1. The second kappa shape index (κ2) is 6.60. The first kappa shape index (κ1) is 13.9. The lowest BCUT2D eigenvalue weighted by Gasteiger charge is -2.18. The van der Waals surface area contributed by atoms with Crippen LogP contribution in [0.15, 0.2) is 36.9 Å². The van der Waals surface area contributed by atoms with E-state index in [4.69, 9.17) is 4.74 Å². The molecule has 2 aromatic rings. The Morgan fingerprint density at radius 1 is 1.30 bits per heavy atom. The molecule has 104 valence electrons. The molecule has 0 fully saturated rings. The summed E-state index contributed by atoms with van der Waals surface area (Å²) < 4.78 is 5.45. The van der Waals surface area contributed by atoms with E-state index in [1.165, 1.54) is 18.6 Å². The smallest absolute Gasteiger partial charge is 0.274 e. The first-order chi connectivity index (χ1) is 9.72. The molecular formula is C14H16N4O2. The van der Waals surface area contributed by atoms with Crippen molar-refractivity contribution in [3.63, 3.8) is 0 Å². The Balaban J connectivity index is 2.12. The lowest BCUT2D eigenvalue weighted by molar-refractivity contribution is 0.0777. The highest BCUT2D eigenvalue weighted by Crippen LogP contribution is 2.16. The van der Waals surface area contributed by atoms with E-state index in [2.05, 4.69) is 15.0 Å². The molecule has 20 heavy (non-hydrogen) atoms. The van der Waals surface area contributed by atoms with Gasteiger partial charge >= 0.3 is 0 Å². The van der Waals surface area contributed by atoms with Gasteiger partial charge in [-0.15, -0.1) is 0 Å². The lowest BCUT2D eigenvalue weighted by Crippen LogP contribution is -2.27. The fourth-order valence-corrected chi connectivity index (χ4v) is 1.74. The van der Waals surface area contributed by atoms with E-state index in [1.54, 1.807) is 18.1 Å². The molecule has 0 aliphatic heterocycles. The molecule has 0 aliphatic carbocycles. The summed E-state index contributed by atoms with van der Waals surface area (Å²) in [6.07, 6.45) is 6.15. The zero-order chi connectivity index (χ0) is 14.4. The van der Waals surface area contributed by atoms with Gasteiger partial charge in [0.25, 0.3) is 5.91 Å². The molecule has 1 amide bonds. The minimum Gasteiger partial charge on any atom is -0.478 e. The fourth-order valence-electron chi connectivity index (χ4n) is 1.74. The van der Waals surface area contributed by atoms with E-state index in [-0.39, 0.29) is 5.91 Å². The molecule has 2 heterocycles. The summed E-state index contributed by atoms with van der Waals surface area (Å²) in [5, 5.41) is 0. The predicted molar refractivity (Wildman–Crippen MR) is 73.2 cm³/mol. The third kappa shape index (κ3) is 3.28. The van der Waals surface area contributed by atoms with E-state index in [9.17, 15) is 4.79 Å². The molecule has 0 bridgehead atoms. The summed E-state index contributed by atoms with van der Waals surface area (Å²) in [5.74, 6) is 0.359. The average Bonchev–Trinajstić information content (AvgIpc) is 2.49. The Morgan fingerprint density at radius 3 is 2.85 bits per heavy atom. The van der Waals surface area contributed by atoms with Gasteiger partial charge in [0.2, 0.25) is 5.88 Å². The number of hydrogen-bond acceptors (Lipinski definition) is 5. The van der Waals surface area contributed by atoms with E-state index in [0.29, 0.717) is 24.7 Å². The first-order valence-electron chi connectivity index (χ1n) is 6.30. The topological polar surface area (TPSA) is 68.2 Å². The van der Waals surface area contributed by atoms with E-state index < -0.39 is 0 Å². The molecule has 0 saturated carbocycles. The van der Waals surface area contributed by atoms with Gasteiger partial charge in [0.15, 0.2) is 0 Å². The van der Waals surface area contributed by atoms with Crippen molar-refractivity contribution in [3.05, 3.63) is 48.2 Å². The number of nitrogens with zero attached hydrogens (tertiary/aromatic N) is 4. The molecular weight excluding hydrogens is 256 g/mol. The van der Waals surface area contributed by atoms with Crippen molar-refractivity contribution in [1.29, 1.82) is 0 Å². The van der Waals surface area contributed by atoms with Gasteiger partial charge in [0.05, 0.1) is 19.3 Å². The zero-order valence-electron chi connectivity index (χ0n) is 11.5. The third-order valence-corrected chi connectivity index (χ3v) is 2.67. The highest BCUT2D eigenvalue weighted by Gasteiger charge is 2.15. The van der Waals surface area contributed by atoms with Crippen molar-refractivity contribution >= 4 is 5.91 Å². The number of rotatable bonds is 5. The summed E-state index contributed by atoms with van der Waals surface area (Å²) in [5.41, 5.74) is 1.17. The molecule has 0 unspecified atom stereocenters. The number of carbonyl (C=O) groups excluding carboxylic acids is 1. The van der Waals surface area contributed by atoms with Gasteiger partial charge in [0, 0.05) is 31.2 Å². The van der Waals surface area contributed by atoms with E-state index in [1.807, 2.05) is 19.1 Å². The third-order valence-electron chi connectivity index (χ3n) is 2.67. The van der Waals surface area contributed by atoms with Crippen molar-refractivity contribution in [2.75, 3.05) is 13.7 Å². The summed E-state index contributed by atoms with van der Waals surface area (Å²) in [6.45, 7) is 2.83. The van der Waals surface area contributed by atoms with Crippen LogP contribution < -0.4 is 4.74 Å². The highest BCUT2D eigenvalue weighted by atomic mass is 16.5. The molecule has 0 aliphatic rings. The number of aromatic nitrogens is 3. The van der Waals surface area contributed by atoms with Gasteiger partial charge in [-0.25, -0.2) is 9.97 Å². The number of pyridine rings is 1. The van der Waals surface area contributed by atoms with Crippen LogP contribution in [0.5, 0.6) is 5.88 Å². The first-order valence-corrected chi connectivity index (χ1v) is 6.30. The Bertz CT molecular complexity index is 574. The van der Waals surface area contributed by atoms with Crippen LogP contribution >= 0.6 is 0 Å². The molecule has 6 heteroatoms. The van der Waals surface area contributed by atoms with E-state index in [0.717, 1.165) is 5.56 Å². The molecule has 2 rings (SSSR count). The van der Waals surface area contributed by atoms with Gasteiger partial charge in [-0.2, -0.15) is 0 Å². The van der Waals surface area contributed by atoms with Crippen molar-refractivity contribution in [2.45, 2.75) is 13.5 Å². The molecule has 2 aromatic heterocycles. The molecule has 0 aromatic carbocycles. The Labute approximate surface area is 117 Å². The number of amides is 1. The van der Waals surface area contributed by atoms with Gasteiger partial charge in [-0.1, -0.05) is 6.07 Å². The molecule has 6 nitrogen and oxygen atoms in total. The second-order valence-corrected chi connectivity index (χ2v) is 4.15. The minimum absolute atomic E-state index is 0.190. The minimum atomic E-state index is -0.190. The maximum Gasteiger partial charge on any atom is 0.274 e. The largest absolute Gasteiger partial charge is 0.478 e. The fraction of sp³-hybridized carbons (Fsp3) is 0.286. The molecule has 0 saturated heterocycles. The molecule has 0 spiro atoms. The Morgan fingerprint density at radius 2 is 2.15 bits per heavy atom. The number of ether oxygens (including phenoxy) is 1. The van der Waals surface area contributed by atoms with Gasteiger partial charge in [-0.3, -0.25) is 9.78 Å². The maximum absolute atomic E-state index is 12.2. The van der Waals surface area contributed by atoms with Crippen LogP contribution in [0.1, 0.15) is 23.0 Å². The summed E-state index contributed by atoms with van der Waals surface area (Å²) in [6, 6.07) is 3.71. The van der Waals surface area contributed by atoms with Crippen LogP contribution in [-0.4, -0.2) is 39.4 Å². The second-order valence-electron chi connectivity index (χ2n) is 4.15. The SMILES string of the molecule is CCOc1ncccc1CN(C)C(=O)c1cnccn1. The predicted octanol–water partition coefficient (Wildman–Crippen LogP) is 1.54. The van der Waals surface area contributed by atoms with Crippen molar-refractivity contribution in [1.82, 2.24) is 19.9 Å². The van der Waals surface area contributed by atoms with Crippen LogP contribution in [0.2, 0.25) is 0 Å². The van der Waals surface area contributed by atoms with E-state index >= 15 is 0 Å². The van der Waals surface area contributed by atoms with Gasteiger partial charge in [-0.05, 0) is 13.0 Å². The molecule has 0 atom stereocenters. The zero-order valence-corrected chi connectivity index (χ0v) is 11.5. The highest BCUT2D eigenvalue weighted by molar-refractivity contribution is 5.91. The Kier molecular flexibility index (Phi) is 4.60. The van der Waals surface area contributed by atoms with Crippen LogP contribution in [0, 0.1) is 0 Å². The van der Waals surface area contributed by atoms with Crippen LogP contribution in [-0.2, 0) is 6.54 Å². The van der Waals surface area contributed by atoms with Crippen molar-refractivity contribution in [3.8, 4) is 5.88 Å². The molecule has 0 N–H and O–H groups in total. The van der Waals surface area contributed by atoms with Crippen LogP contribution in [0.25, 0.3) is 0 Å². The average molecular weight is 272 g/mol. The van der Waals surface area contributed by atoms with Crippen molar-refractivity contribution < 1.29 is 9.53 Å². The quantitative estimate of drug-likeness (QED) is 0.826. The lowest BCUT2D eigenvalue weighted by atomic mass is 10.2. The van der Waals surface area contributed by atoms with Crippen molar-refractivity contribution in [2.24, 2.45) is 0 Å². The Hall–Kier alpha value is -2.50. The monoisotopic (exact) mass is 272 g/mol. The van der Waals surface area contributed by atoms with Crippen LogP contribution in [0.3, 0.4) is 0 Å². The van der Waals surface area contributed by atoms with Gasteiger partial charge < -0.3 is 9.64 Å². The number of hydrogen-bond donors (Lipinski definition) is 0. The maximum atomic E-state index is 12.2. The summed E-state index contributed by atoms with van der Waals surface area (Å²) >= 11 is 0. The summed E-state index contributed by atoms with van der Waals surface area (Å²) in [4.78, 5) is 25.8.